The predicted octanol–water partition coefficient (Wildman–Crippen LogP) is 2.73. The largest absolute Gasteiger partial charge is 0.291 e. The molecule has 126 valence electrons. The molecule has 0 radical (unpaired) electrons. The molecule has 0 saturated carbocycles. The van der Waals surface area contributed by atoms with E-state index in [2.05, 4.69) is 35.8 Å². The van der Waals surface area contributed by atoms with E-state index in [1.807, 2.05) is 4.68 Å². The van der Waals surface area contributed by atoms with E-state index in [1.165, 1.54) is 16.9 Å². The van der Waals surface area contributed by atoms with Gasteiger partial charge in [-0.3, -0.25) is 9.36 Å². The van der Waals surface area contributed by atoms with Crippen molar-refractivity contribution < 1.29 is 0 Å². The standard InChI is InChI=1S/C17H21N5OS/c1-17(2,3)22-13(18-9-20-22)8-21-10-19-15-14(16(21)23)11-6-4-5-7-12(11)24-15/h9-10H,4-8H2,1-3H3. The van der Waals surface area contributed by atoms with Crippen LogP contribution in [0.1, 0.15) is 49.9 Å². The average molecular weight is 343 g/mol. The van der Waals surface area contributed by atoms with Crippen molar-refractivity contribution in [3.05, 3.63) is 39.3 Å². The van der Waals surface area contributed by atoms with Crippen molar-refractivity contribution >= 4 is 21.6 Å². The average Bonchev–Trinajstić information content (AvgIpc) is 3.14. The Hall–Kier alpha value is -2.02. The molecule has 3 aromatic rings. The number of thiophene rings is 1. The quantitative estimate of drug-likeness (QED) is 0.718. The van der Waals surface area contributed by atoms with E-state index in [4.69, 9.17) is 0 Å². The third-order valence-electron chi connectivity index (χ3n) is 4.51. The summed E-state index contributed by atoms with van der Waals surface area (Å²) in [4.78, 5) is 24.1. The molecular formula is C17H21N5OS. The highest BCUT2D eigenvalue weighted by molar-refractivity contribution is 7.18. The Labute approximate surface area is 144 Å². The van der Waals surface area contributed by atoms with Crippen LogP contribution in [0.15, 0.2) is 17.4 Å². The number of rotatable bonds is 2. The van der Waals surface area contributed by atoms with Gasteiger partial charge in [-0.2, -0.15) is 5.10 Å². The third-order valence-corrected chi connectivity index (χ3v) is 5.71. The van der Waals surface area contributed by atoms with Gasteiger partial charge in [-0.15, -0.1) is 11.3 Å². The first-order valence-electron chi connectivity index (χ1n) is 8.34. The molecule has 7 heteroatoms. The van der Waals surface area contributed by atoms with Gasteiger partial charge in [0.2, 0.25) is 0 Å². The molecule has 0 fully saturated rings. The summed E-state index contributed by atoms with van der Waals surface area (Å²) in [5, 5.41) is 5.13. The zero-order valence-corrected chi connectivity index (χ0v) is 15.1. The molecule has 0 saturated heterocycles. The molecule has 0 aromatic carbocycles. The van der Waals surface area contributed by atoms with E-state index in [0.717, 1.165) is 35.3 Å². The summed E-state index contributed by atoms with van der Waals surface area (Å²) in [6, 6.07) is 0. The molecule has 4 rings (SSSR count). The van der Waals surface area contributed by atoms with Crippen molar-refractivity contribution in [2.75, 3.05) is 0 Å². The second-order valence-electron chi connectivity index (χ2n) is 7.33. The van der Waals surface area contributed by atoms with Gasteiger partial charge in [-0.25, -0.2) is 14.6 Å². The van der Waals surface area contributed by atoms with E-state index < -0.39 is 0 Å². The lowest BCUT2D eigenvalue weighted by Gasteiger charge is -2.21. The lowest BCUT2D eigenvalue weighted by molar-refractivity contribution is 0.338. The van der Waals surface area contributed by atoms with Gasteiger partial charge >= 0.3 is 0 Å². The second kappa shape index (κ2) is 5.51. The third kappa shape index (κ3) is 2.47. The summed E-state index contributed by atoms with van der Waals surface area (Å²) in [6.07, 6.45) is 7.63. The maximum absolute atomic E-state index is 13.0. The minimum Gasteiger partial charge on any atom is -0.291 e. The molecule has 0 N–H and O–H groups in total. The lowest BCUT2D eigenvalue weighted by Crippen LogP contribution is -2.29. The summed E-state index contributed by atoms with van der Waals surface area (Å²) >= 11 is 1.68. The van der Waals surface area contributed by atoms with Crippen LogP contribution in [0.5, 0.6) is 0 Å². The van der Waals surface area contributed by atoms with Gasteiger partial charge in [0.1, 0.15) is 17.0 Å². The number of aromatic nitrogens is 5. The molecule has 0 bridgehead atoms. The van der Waals surface area contributed by atoms with Crippen LogP contribution in [0.25, 0.3) is 10.2 Å². The zero-order valence-electron chi connectivity index (χ0n) is 14.2. The first-order valence-corrected chi connectivity index (χ1v) is 9.16. The first kappa shape index (κ1) is 15.5. The topological polar surface area (TPSA) is 65.6 Å². The molecule has 0 aliphatic heterocycles. The van der Waals surface area contributed by atoms with Crippen LogP contribution in [0.2, 0.25) is 0 Å². The number of nitrogens with zero attached hydrogens (tertiary/aromatic N) is 5. The summed E-state index contributed by atoms with van der Waals surface area (Å²) in [6.45, 7) is 6.61. The number of fused-ring (bicyclic) bond motifs is 3. The van der Waals surface area contributed by atoms with Crippen LogP contribution in [-0.2, 0) is 24.9 Å². The van der Waals surface area contributed by atoms with E-state index in [0.29, 0.717) is 6.54 Å². The highest BCUT2D eigenvalue weighted by Gasteiger charge is 2.22. The molecule has 0 atom stereocenters. The van der Waals surface area contributed by atoms with Gasteiger partial charge in [0.25, 0.3) is 5.56 Å². The fourth-order valence-corrected chi connectivity index (χ4v) is 4.60. The van der Waals surface area contributed by atoms with E-state index in [-0.39, 0.29) is 11.1 Å². The smallest absolute Gasteiger partial charge is 0.262 e. The predicted molar refractivity (Wildman–Crippen MR) is 94.6 cm³/mol. The lowest BCUT2D eigenvalue weighted by atomic mass is 9.97. The number of aryl methyl sites for hydroxylation is 2. The monoisotopic (exact) mass is 343 g/mol. The molecule has 3 aromatic heterocycles. The molecule has 1 aliphatic carbocycles. The van der Waals surface area contributed by atoms with Crippen molar-refractivity contribution in [2.24, 2.45) is 0 Å². The molecule has 0 spiro atoms. The molecule has 1 aliphatic rings. The number of hydrogen-bond donors (Lipinski definition) is 0. The van der Waals surface area contributed by atoms with Crippen LogP contribution < -0.4 is 5.56 Å². The zero-order chi connectivity index (χ0) is 16.9. The van der Waals surface area contributed by atoms with Gasteiger partial charge in [-0.1, -0.05) is 0 Å². The minimum atomic E-state index is -0.172. The van der Waals surface area contributed by atoms with E-state index >= 15 is 0 Å². The fraction of sp³-hybridized carbons (Fsp3) is 0.529. The SMILES string of the molecule is CC(C)(C)n1ncnc1Cn1cnc2sc3c(c2c1=O)CCCC3. The molecule has 3 heterocycles. The van der Waals surface area contributed by atoms with Gasteiger partial charge in [-0.05, 0) is 52.0 Å². The van der Waals surface area contributed by atoms with Gasteiger partial charge in [0, 0.05) is 4.88 Å². The van der Waals surface area contributed by atoms with Crippen molar-refractivity contribution in [2.45, 2.75) is 58.5 Å². The first-order chi connectivity index (χ1) is 11.4. The summed E-state index contributed by atoms with van der Waals surface area (Å²) in [5.41, 5.74) is 1.10. The second-order valence-corrected chi connectivity index (χ2v) is 8.41. The van der Waals surface area contributed by atoms with Crippen LogP contribution in [0.3, 0.4) is 0 Å². The summed E-state index contributed by atoms with van der Waals surface area (Å²) in [7, 11) is 0. The van der Waals surface area contributed by atoms with Crippen LogP contribution >= 0.6 is 11.3 Å². The maximum Gasteiger partial charge on any atom is 0.262 e. The highest BCUT2D eigenvalue weighted by Crippen LogP contribution is 2.33. The molecule has 6 nitrogen and oxygen atoms in total. The van der Waals surface area contributed by atoms with Gasteiger partial charge < -0.3 is 0 Å². The normalized spacial score (nSPS) is 15.0. The van der Waals surface area contributed by atoms with Gasteiger partial charge in [0.05, 0.1) is 23.8 Å². The maximum atomic E-state index is 13.0. The van der Waals surface area contributed by atoms with Crippen LogP contribution in [-0.4, -0.2) is 24.3 Å². The molecule has 24 heavy (non-hydrogen) atoms. The van der Waals surface area contributed by atoms with Crippen molar-refractivity contribution in [3.8, 4) is 0 Å². The Morgan fingerprint density at radius 1 is 1.21 bits per heavy atom. The Morgan fingerprint density at radius 3 is 2.79 bits per heavy atom. The van der Waals surface area contributed by atoms with Crippen molar-refractivity contribution in [1.82, 2.24) is 24.3 Å². The number of hydrogen-bond acceptors (Lipinski definition) is 5. The Balaban J connectivity index is 1.80. The van der Waals surface area contributed by atoms with E-state index in [9.17, 15) is 4.79 Å². The van der Waals surface area contributed by atoms with Crippen molar-refractivity contribution in [3.63, 3.8) is 0 Å². The Morgan fingerprint density at radius 2 is 2.00 bits per heavy atom. The Bertz CT molecular complexity index is 960. The van der Waals surface area contributed by atoms with Crippen LogP contribution in [0, 0.1) is 0 Å². The molecule has 0 unspecified atom stereocenters. The van der Waals surface area contributed by atoms with E-state index in [1.54, 1.807) is 28.6 Å². The highest BCUT2D eigenvalue weighted by atomic mass is 32.1. The summed E-state index contributed by atoms with van der Waals surface area (Å²) < 4.78 is 3.53. The minimum absolute atomic E-state index is 0.0443. The van der Waals surface area contributed by atoms with Crippen LogP contribution in [0.4, 0.5) is 0 Å². The molecule has 0 amide bonds. The van der Waals surface area contributed by atoms with Gasteiger partial charge in [0.15, 0.2) is 0 Å². The fourth-order valence-electron chi connectivity index (χ4n) is 3.38. The molecular weight excluding hydrogens is 322 g/mol. The summed E-state index contributed by atoms with van der Waals surface area (Å²) in [5.74, 6) is 0.773. The van der Waals surface area contributed by atoms with Crippen molar-refractivity contribution in [1.29, 1.82) is 0 Å². The Kier molecular flexibility index (Phi) is 3.56.